The van der Waals surface area contributed by atoms with Crippen LogP contribution in [0.25, 0.3) is 17.2 Å². The molecule has 1 aliphatic rings. The van der Waals surface area contributed by atoms with Crippen LogP contribution in [0.2, 0.25) is 5.02 Å². The SMILES string of the molecule is NC(=O)C1CN(S(=O)(=O)C=Cc2ccc(Cl)cc2)CCN1C(=O)c1ccc(-c2ccncc2)cc1. The third kappa shape index (κ3) is 5.76. The highest BCUT2D eigenvalue weighted by Crippen LogP contribution is 2.22. The molecule has 1 atom stereocenters. The number of hydrogen-bond acceptors (Lipinski definition) is 5. The number of piperazine rings is 1. The molecule has 4 rings (SSSR count). The maximum Gasteiger partial charge on any atom is 0.254 e. The number of hydrogen-bond donors (Lipinski definition) is 1. The molecule has 8 nitrogen and oxygen atoms in total. The number of nitrogens with zero attached hydrogens (tertiary/aromatic N) is 3. The minimum Gasteiger partial charge on any atom is -0.368 e. The Bertz CT molecular complexity index is 1340. The summed E-state index contributed by atoms with van der Waals surface area (Å²) >= 11 is 5.86. The summed E-state index contributed by atoms with van der Waals surface area (Å²) in [7, 11) is -3.84. The van der Waals surface area contributed by atoms with Crippen LogP contribution >= 0.6 is 11.6 Å². The van der Waals surface area contributed by atoms with Crippen LogP contribution in [0.15, 0.2) is 78.5 Å². The van der Waals surface area contributed by atoms with Crippen molar-refractivity contribution in [3.05, 3.63) is 94.6 Å². The molecule has 2 amide bonds. The number of benzene rings is 2. The summed E-state index contributed by atoms with van der Waals surface area (Å²) in [4.78, 5) is 30.7. The van der Waals surface area contributed by atoms with Crippen LogP contribution in [-0.4, -0.2) is 60.1 Å². The molecule has 1 fully saturated rings. The van der Waals surface area contributed by atoms with E-state index in [4.69, 9.17) is 17.3 Å². The minimum atomic E-state index is -3.84. The smallest absolute Gasteiger partial charge is 0.254 e. The van der Waals surface area contributed by atoms with E-state index in [-0.39, 0.29) is 25.5 Å². The number of aromatic nitrogens is 1. The highest BCUT2D eigenvalue weighted by Gasteiger charge is 2.38. The van der Waals surface area contributed by atoms with Crippen molar-refractivity contribution >= 4 is 39.5 Å². The molecule has 0 saturated carbocycles. The second-order valence-electron chi connectivity index (χ2n) is 7.99. The lowest BCUT2D eigenvalue weighted by Gasteiger charge is -2.38. The number of carbonyl (C=O) groups is 2. The van der Waals surface area contributed by atoms with Gasteiger partial charge < -0.3 is 10.6 Å². The van der Waals surface area contributed by atoms with Crippen molar-refractivity contribution in [1.82, 2.24) is 14.2 Å². The first-order valence-electron chi connectivity index (χ1n) is 10.8. The first kappa shape index (κ1) is 24.6. The second-order valence-corrected chi connectivity index (χ2v) is 10.2. The summed E-state index contributed by atoms with van der Waals surface area (Å²) in [5, 5.41) is 1.62. The topological polar surface area (TPSA) is 114 Å². The van der Waals surface area contributed by atoms with Crippen LogP contribution in [0.3, 0.4) is 0 Å². The van der Waals surface area contributed by atoms with Gasteiger partial charge >= 0.3 is 0 Å². The Balaban J connectivity index is 1.48. The molecule has 2 heterocycles. The van der Waals surface area contributed by atoms with Crippen LogP contribution in [0.1, 0.15) is 15.9 Å². The van der Waals surface area contributed by atoms with Crippen LogP contribution in [0, 0.1) is 0 Å². The van der Waals surface area contributed by atoms with Gasteiger partial charge in [-0.3, -0.25) is 14.6 Å². The van der Waals surface area contributed by atoms with Crippen molar-refractivity contribution < 1.29 is 18.0 Å². The van der Waals surface area contributed by atoms with Crippen LogP contribution in [-0.2, 0) is 14.8 Å². The Hall–Kier alpha value is -3.53. The second kappa shape index (κ2) is 10.4. The molecule has 2 N–H and O–H groups in total. The Kier molecular flexibility index (Phi) is 7.30. The van der Waals surface area contributed by atoms with Crippen LogP contribution in [0.5, 0.6) is 0 Å². The molecule has 3 aromatic rings. The highest BCUT2D eigenvalue weighted by molar-refractivity contribution is 7.92. The summed E-state index contributed by atoms with van der Waals surface area (Å²) in [6, 6.07) is 16.3. The van der Waals surface area contributed by atoms with E-state index in [0.29, 0.717) is 16.1 Å². The molecule has 1 aromatic heterocycles. The average Bonchev–Trinajstić information content (AvgIpc) is 2.88. The van der Waals surface area contributed by atoms with E-state index in [9.17, 15) is 18.0 Å². The zero-order valence-corrected chi connectivity index (χ0v) is 20.2. The van der Waals surface area contributed by atoms with Gasteiger partial charge in [-0.05, 0) is 59.2 Å². The Labute approximate surface area is 208 Å². The zero-order chi connectivity index (χ0) is 25.0. The molecule has 0 bridgehead atoms. The van der Waals surface area contributed by atoms with Gasteiger partial charge in [0, 0.05) is 48.0 Å². The van der Waals surface area contributed by atoms with Crippen molar-refractivity contribution in [3.63, 3.8) is 0 Å². The minimum absolute atomic E-state index is 0.0343. The monoisotopic (exact) mass is 510 g/mol. The third-order valence-electron chi connectivity index (χ3n) is 5.74. The number of nitrogens with two attached hydrogens (primary N) is 1. The van der Waals surface area contributed by atoms with E-state index >= 15 is 0 Å². The van der Waals surface area contributed by atoms with E-state index in [1.807, 2.05) is 24.3 Å². The van der Waals surface area contributed by atoms with Crippen molar-refractivity contribution in [2.75, 3.05) is 19.6 Å². The van der Waals surface area contributed by atoms with Crippen molar-refractivity contribution in [2.24, 2.45) is 5.73 Å². The number of amides is 2. The number of rotatable bonds is 6. The Morgan fingerprint density at radius 2 is 1.57 bits per heavy atom. The molecule has 0 aliphatic carbocycles. The van der Waals surface area contributed by atoms with Crippen molar-refractivity contribution in [3.8, 4) is 11.1 Å². The predicted octanol–water partition coefficient (Wildman–Crippen LogP) is 3.01. The van der Waals surface area contributed by atoms with E-state index < -0.39 is 22.0 Å². The van der Waals surface area contributed by atoms with Gasteiger partial charge in [0.15, 0.2) is 0 Å². The van der Waals surface area contributed by atoms with Crippen LogP contribution in [0.4, 0.5) is 0 Å². The zero-order valence-electron chi connectivity index (χ0n) is 18.6. The maximum absolute atomic E-state index is 13.2. The lowest BCUT2D eigenvalue weighted by Crippen LogP contribution is -2.60. The molecule has 1 unspecified atom stereocenters. The summed E-state index contributed by atoms with van der Waals surface area (Å²) in [6.45, 7) is -0.145. The summed E-state index contributed by atoms with van der Waals surface area (Å²) in [5.41, 5.74) is 8.48. The molecular formula is C25H23ClN4O4S. The van der Waals surface area contributed by atoms with Gasteiger partial charge in [-0.25, -0.2) is 8.42 Å². The number of carbonyl (C=O) groups excluding carboxylic acids is 2. The fourth-order valence-corrected chi connectivity index (χ4v) is 5.13. The number of primary amides is 1. The van der Waals surface area contributed by atoms with Gasteiger partial charge in [0.25, 0.3) is 5.91 Å². The molecule has 2 aromatic carbocycles. The van der Waals surface area contributed by atoms with Crippen molar-refractivity contribution in [2.45, 2.75) is 6.04 Å². The van der Waals surface area contributed by atoms with Gasteiger partial charge in [-0.1, -0.05) is 35.9 Å². The predicted molar refractivity (Wildman–Crippen MR) is 135 cm³/mol. The van der Waals surface area contributed by atoms with Gasteiger partial charge in [0.2, 0.25) is 15.9 Å². The van der Waals surface area contributed by atoms with E-state index in [0.717, 1.165) is 20.8 Å². The number of halogens is 1. The molecular weight excluding hydrogens is 488 g/mol. The van der Waals surface area contributed by atoms with E-state index in [2.05, 4.69) is 4.98 Å². The normalized spacial score (nSPS) is 16.9. The number of pyridine rings is 1. The van der Waals surface area contributed by atoms with Gasteiger partial charge in [0.05, 0.1) is 0 Å². The molecule has 1 aliphatic heterocycles. The standard InChI is InChI=1S/C25H23ClN4O4S/c26-22-7-1-18(2-8-22)11-16-35(33,34)29-14-15-30(23(17-29)24(27)31)25(32)21-5-3-19(4-6-21)20-9-12-28-13-10-20/h1-13,16,23H,14-15,17H2,(H2,27,31). The van der Waals surface area contributed by atoms with E-state index in [1.54, 1.807) is 48.8 Å². The fraction of sp³-hybridized carbons (Fsp3) is 0.160. The number of sulfonamides is 1. The Morgan fingerprint density at radius 1 is 0.943 bits per heavy atom. The van der Waals surface area contributed by atoms with Crippen LogP contribution < -0.4 is 5.73 Å². The quantitative estimate of drug-likeness (QED) is 0.547. The van der Waals surface area contributed by atoms with Gasteiger partial charge in [0.1, 0.15) is 6.04 Å². The molecule has 180 valence electrons. The summed E-state index contributed by atoms with van der Waals surface area (Å²) < 4.78 is 26.9. The fourth-order valence-electron chi connectivity index (χ4n) is 3.82. The molecule has 10 heteroatoms. The largest absolute Gasteiger partial charge is 0.368 e. The van der Waals surface area contributed by atoms with E-state index in [1.165, 1.54) is 11.0 Å². The Morgan fingerprint density at radius 3 is 2.20 bits per heavy atom. The van der Waals surface area contributed by atoms with Crippen molar-refractivity contribution in [1.29, 1.82) is 0 Å². The van der Waals surface area contributed by atoms with Gasteiger partial charge in [-0.2, -0.15) is 4.31 Å². The lowest BCUT2D eigenvalue weighted by atomic mass is 10.0. The average molecular weight is 511 g/mol. The maximum atomic E-state index is 13.2. The first-order valence-corrected chi connectivity index (χ1v) is 12.7. The highest BCUT2D eigenvalue weighted by atomic mass is 35.5. The molecule has 1 saturated heterocycles. The first-order chi connectivity index (χ1) is 16.7. The summed E-state index contributed by atoms with van der Waals surface area (Å²) in [6.07, 6.45) is 4.82. The molecule has 0 radical (unpaired) electrons. The molecule has 35 heavy (non-hydrogen) atoms. The third-order valence-corrected chi connectivity index (χ3v) is 7.52. The molecule has 0 spiro atoms. The van der Waals surface area contributed by atoms with Gasteiger partial charge in [-0.15, -0.1) is 0 Å². The summed E-state index contributed by atoms with van der Waals surface area (Å²) in [5.74, 6) is -1.16. The lowest BCUT2D eigenvalue weighted by molar-refractivity contribution is -0.123.